The van der Waals surface area contributed by atoms with Crippen molar-refractivity contribution in [3.8, 4) is 12.3 Å². The van der Waals surface area contributed by atoms with E-state index in [2.05, 4.69) is 12.5 Å². The molecule has 0 heterocycles. The van der Waals surface area contributed by atoms with E-state index in [4.69, 9.17) is 11.2 Å². The smallest absolute Gasteiger partial charge is 0.332 e. The van der Waals surface area contributed by atoms with Gasteiger partial charge < -0.3 is 4.74 Å². The van der Waals surface area contributed by atoms with Crippen LogP contribution >= 0.6 is 0 Å². The van der Waals surface area contributed by atoms with Crippen LogP contribution in [0, 0.1) is 12.3 Å². The normalized spacial score (nSPS) is 14.0. The minimum absolute atomic E-state index is 0.551. The monoisotopic (exact) mass is 286 g/mol. The zero-order valence-electron chi connectivity index (χ0n) is 12.0. The first-order chi connectivity index (χ1) is 10.7. The van der Waals surface area contributed by atoms with Crippen molar-refractivity contribution in [2.24, 2.45) is 0 Å². The number of hydrogen-bond acceptors (Lipinski definition) is 2. The molecule has 2 aromatic rings. The molecular weight excluding hydrogens is 272 g/mol. The second kappa shape index (κ2) is 5.38. The van der Waals surface area contributed by atoms with E-state index in [9.17, 15) is 4.79 Å². The highest BCUT2D eigenvalue weighted by molar-refractivity contribution is 5.84. The summed E-state index contributed by atoms with van der Waals surface area (Å²) in [4.78, 5) is 11.9. The first-order valence-corrected chi connectivity index (χ1v) is 6.91. The van der Waals surface area contributed by atoms with Crippen LogP contribution in [0.25, 0.3) is 12.2 Å². The van der Waals surface area contributed by atoms with E-state index in [1.54, 1.807) is 0 Å². The molecule has 0 bridgehead atoms. The highest BCUT2D eigenvalue weighted by atomic mass is 16.6. The van der Waals surface area contributed by atoms with Crippen LogP contribution in [-0.4, -0.2) is 5.97 Å². The minimum atomic E-state index is -1.26. The molecule has 1 aliphatic rings. The van der Waals surface area contributed by atoms with Gasteiger partial charge in [0, 0.05) is 17.2 Å². The fourth-order valence-electron chi connectivity index (χ4n) is 2.74. The molecule has 0 unspecified atom stereocenters. The number of benzene rings is 2. The third-order valence-electron chi connectivity index (χ3n) is 3.75. The van der Waals surface area contributed by atoms with Crippen molar-refractivity contribution in [1.82, 2.24) is 0 Å². The van der Waals surface area contributed by atoms with Crippen LogP contribution in [0.15, 0.2) is 61.2 Å². The van der Waals surface area contributed by atoms with Gasteiger partial charge in [-0.25, -0.2) is 4.79 Å². The number of esters is 1. The van der Waals surface area contributed by atoms with Gasteiger partial charge in [0.05, 0.1) is 0 Å². The lowest BCUT2D eigenvalue weighted by Gasteiger charge is -2.30. The maximum absolute atomic E-state index is 11.9. The molecule has 2 nitrogen and oxygen atoms in total. The maximum Gasteiger partial charge on any atom is 0.332 e. The SMILES string of the molecule is C#CC1(OC(=O)C=C)c2ccccc2C=Cc2ccccc21. The van der Waals surface area contributed by atoms with Crippen molar-refractivity contribution < 1.29 is 9.53 Å². The van der Waals surface area contributed by atoms with Gasteiger partial charge in [0.15, 0.2) is 0 Å². The van der Waals surface area contributed by atoms with E-state index in [0.29, 0.717) is 0 Å². The van der Waals surface area contributed by atoms with Crippen molar-refractivity contribution in [1.29, 1.82) is 0 Å². The molecule has 0 aliphatic heterocycles. The Bertz CT molecular complexity index is 772. The molecule has 0 aromatic heterocycles. The van der Waals surface area contributed by atoms with Gasteiger partial charge >= 0.3 is 5.97 Å². The van der Waals surface area contributed by atoms with E-state index in [-0.39, 0.29) is 0 Å². The number of hydrogen-bond donors (Lipinski definition) is 0. The molecule has 0 amide bonds. The predicted molar refractivity (Wildman–Crippen MR) is 87.7 cm³/mol. The van der Waals surface area contributed by atoms with Crippen molar-refractivity contribution in [2.45, 2.75) is 5.60 Å². The van der Waals surface area contributed by atoms with Gasteiger partial charge in [-0.15, -0.1) is 6.42 Å². The number of fused-ring (bicyclic) bond motifs is 2. The Morgan fingerprint density at radius 3 is 2.00 bits per heavy atom. The second-order valence-electron chi connectivity index (χ2n) is 4.96. The van der Waals surface area contributed by atoms with Gasteiger partial charge in [0.25, 0.3) is 0 Å². The Morgan fingerprint density at radius 2 is 1.55 bits per heavy atom. The van der Waals surface area contributed by atoms with Crippen LogP contribution in [0.3, 0.4) is 0 Å². The van der Waals surface area contributed by atoms with E-state index in [0.717, 1.165) is 28.3 Å². The van der Waals surface area contributed by atoms with Crippen LogP contribution in [0.1, 0.15) is 22.3 Å². The molecule has 2 heteroatoms. The molecule has 22 heavy (non-hydrogen) atoms. The van der Waals surface area contributed by atoms with Crippen LogP contribution in [-0.2, 0) is 15.1 Å². The average molecular weight is 286 g/mol. The lowest BCUT2D eigenvalue weighted by atomic mass is 9.83. The summed E-state index contributed by atoms with van der Waals surface area (Å²) in [7, 11) is 0. The maximum atomic E-state index is 11.9. The Kier molecular flexibility index (Phi) is 3.40. The van der Waals surface area contributed by atoms with E-state index >= 15 is 0 Å². The molecule has 0 saturated carbocycles. The highest BCUT2D eigenvalue weighted by Crippen LogP contribution is 2.40. The molecule has 3 rings (SSSR count). The summed E-state index contributed by atoms with van der Waals surface area (Å²) in [6.45, 7) is 3.47. The fraction of sp³-hybridized carbons (Fsp3) is 0.0500. The summed E-state index contributed by atoms with van der Waals surface area (Å²) in [6.07, 6.45) is 10.9. The van der Waals surface area contributed by atoms with Gasteiger partial charge in [0.1, 0.15) is 0 Å². The molecule has 1 aliphatic carbocycles. The van der Waals surface area contributed by atoms with Crippen LogP contribution in [0.4, 0.5) is 0 Å². The molecule has 106 valence electrons. The van der Waals surface area contributed by atoms with Crippen molar-refractivity contribution >= 4 is 18.1 Å². The first kappa shape index (κ1) is 13.9. The summed E-state index contributed by atoms with van der Waals surface area (Å²) in [5.74, 6) is 2.15. The number of ether oxygens (including phenoxy) is 1. The molecule has 0 N–H and O–H groups in total. The number of rotatable bonds is 2. The van der Waals surface area contributed by atoms with Gasteiger partial charge in [-0.3, -0.25) is 0 Å². The summed E-state index contributed by atoms with van der Waals surface area (Å²) >= 11 is 0. The van der Waals surface area contributed by atoms with Crippen molar-refractivity contribution in [3.05, 3.63) is 83.4 Å². The Labute approximate surface area is 129 Å². The van der Waals surface area contributed by atoms with Gasteiger partial charge in [-0.2, -0.15) is 0 Å². The van der Waals surface area contributed by atoms with Gasteiger partial charge in [0.2, 0.25) is 5.60 Å². The third-order valence-corrected chi connectivity index (χ3v) is 3.75. The van der Waals surface area contributed by atoms with E-state index in [1.807, 2.05) is 60.7 Å². The molecular formula is C20H14O2. The number of carbonyl (C=O) groups excluding carboxylic acids is 1. The summed E-state index contributed by atoms with van der Waals surface area (Å²) in [5, 5.41) is 0. The van der Waals surface area contributed by atoms with Crippen LogP contribution in [0.2, 0.25) is 0 Å². The number of carbonyl (C=O) groups is 1. The first-order valence-electron chi connectivity index (χ1n) is 6.91. The molecule has 0 fully saturated rings. The summed E-state index contributed by atoms with van der Waals surface area (Å²) < 4.78 is 5.68. The van der Waals surface area contributed by atoms with Crippen LogP contribution < -0.4 is 0 Å². The zero-order chi connectivity index (χ0) is 15.6. The van der Waals surface area contributed by atoms with Crippen molar-refractivity contribution in [3.63, 3.8) is 0 Å². The fourth-order valence-corrected chi connectivity index (χ4v) is 2.74. The Morgan fingerprint density at radius 1 is 1.05 bits per heavy atom. The standard InChI is InChI=1S/C20H14O2/c1-3-19(21)22-20(4-2)17-11-7-5-9-15(17)13-14-16-10-6-8-12-18(16)20/h2-3,5-14H,1H2. The largest absolute Gasteiger partial charge is 0.434 e. The third kappa shape index (κ3) is 2.04. The van der Waals surface area contributed by atoms with Crippen molar-refractivity contribution in [2.75, 3.05) is 0 Å². The molecule has 2 aromatic carbocycles. The highest BCUT2D eigenvalue weighted by Gasteiger charge is 2.40. The second-order valence-corrected chi connectivity index (χ2v) is 4.96. The quantitative estimate of drug-likeness (QED) is 0.477. The minimum Gasteiger partial charge on any atom is -0.434 e. The molecule has 0 spiro atoms. The number of terminal acetylenes is 1. The van der Waals surface area contributed by atoms with Gasteiger partial charge in [-0.1, -0.05) is 67.3 Å². The van der Waals surface area contributed by atoms with Gasteiger partial charge in [-0.05, 0) is 17.0 Å². The lowest BCUT2D eigenvalue weighted by molar-refractivity contribution is -0.145. The molecule has 0 saturated heterocycles. The molecule has 0 radical (unpaired) electrons. The topological polar surface area (TPSA) is 26.3 Å². The van der Waals surface area contributed by atoms with Crippen LogP contribution in [0.5, 0.6) is 0 Å². The predicted octanol–water partition coefficient (Wildman–Crippen LogP) is 3.78. The molecule has 0 atom stereocenters. The Hall–Kier alpha value is -3.05. The Balaban J connectivity index is 2.36. The lowest BCUT2D eigenvalue weighted by Crippen LogP contribution is -2.33. The van der Waals surface area contributed by atoms with E-state index < -0.39 is 11.6 Å². The zero-order valence-corrected chi connectivity index (χ0v) is 12.0. The summed E-state index contributed by atoms with van der Waals surface area (Å²) in [6, 6.07) is 15.3. The van der Waals surface area contributed by atoms with E-state index in [1.165, 1.54) is 0 Å². The average Bonchev–Trinajstić information content (AvgIpc) is 2.71. The summed E-state index contributed by atoms with van der Waals surface area (Å²) in [5.41, 5.74) is 2.13.